The van der Waals surface area contributed by atoms with Crippen LogP contribution in [0.5, 0.6) is 0 Å². The number of carbonyl (C=O) groups is 1. The van der Waals surface area contributed by atoms with E-state index in [2.05, 4.69) is 22.4 Å². The number of morpholine rings is 1. The van der Waals surface area contributed by atoms with Gasteiger partial charge in [0.2, 0.25) is 5.91 Å². The fourth-order valence-electron chi connectivity index (χ4n) is 3.20. The Kier molecular flexibility index (Phi) is 4.49. The molecule has 1 saturated heterocycles. The second-order valence-corrected chi connectivity index (χ2v) is 7.31. The third kappa shape index (κ3) is 3.44. The number of aromatic nitrogens is 1. The number of rotatable bonds is 4. The van der Waals surface area contributed by atoms with Gasteiger partial charge < -0.3 is 15.0 Å². The molecule has 0 saturated carbocycles. The first kappa shape index (κ1) is 15.6. The molecular formula is C18H21N3O2S. The monoisotopic (exact) mass is 343 g/mol. The highest BCUT2D eigenvalue weighted by Gasteiger charge is 2.17. The Morgan fingerprint density at radius 3 is 3.04 bits per heavy atom. The highest BCUT2D eigenvalue weighted by Crippen LogP contribution is 2.31. The molecule has 1 aliphatic heterocycles. The van der Waals surface area contributed by atoms with Gasteiger partial charge in [0.1, 0.15) is 0 Å². The van der Waals surface area contributed by atoms with Gasteiger partial charge in [0.25, 0.3) is 0 Å². The Hall–Kier alpha value is -1.92. The van der Waals surface area contributed by atoms with Gasteiger partial charge in [-0.05, 0) is 37.0 Å². The van der Waals surface area contributed by atoms with E-state index >= 15 is 0 Å². The number of carbonyl (C=O) groups excluding carboxylic acids is 1. The maximum atomic E-state index is 12.2. The number of nitrogens with zero attached hydrogens (tertiary/aromatic N) is 2. The van der Waals surface area contributed by atoms with Crippen molar-refractivity contribution in [3.63, 3.8) is 0 Å². The molecule has 126 valence electrons. The van der Waals surface area contributed by atoms with Crippen LogP contribution in [0.15, 0.2) is 30.4 Å². The summed E-state index contributed by atoms with van der Waals surface area (Å²) in [6.07, 6.45) is 7.06. The second-order valence-electron chi connectivity index (χ2n) is 6.30. The summed E-state index contributed by atoms with van der Waals surface area (Å²) in [4.78, 5) is 19.1. The number of fused-ring (bicyclic) bond motifs is 1. The summed E-state index contributed by atoms with van der Waals surface area (Å²) >= 11 is 1.67. The molecule has 1 aliphatic carbocycles. The Morgan fingerprint density at radius 2 is 2.25 bits per heavy atom. The van der Waals surface area contributed by atoms with Crippen molar-refractivity contribution in [2.45, 2.75) is 19.3 Å². The van der Waals surface area contributed by atoms with Gasteiger partial charge in [0.05, 0.1) is 23.4 Å². The number of allylic oxidation sites excluding steroid dienone is 2. The molecule has 1 aromatic carbocycles. The van der Waals surface area contributed by atoms with Crippen LogP contribution in [0.1, 0.15) is 19.3 Å². The molecule has 2 heterocycles. The molecule has 6 heteroatoms. The van der Waals surface area contributed by atoms with Gasteiger partial charge in [-0.1, -0.05) is 23.5 Å². The van der Waals surface area contributed by atoms with Gasteiger partial charge >= 0.3 is 0 Å². The quantitative estimate of drug-likeness (QED) is 0.864. The summed E-state index contributed by atoms with van der Waals surface area (Å²) in [6.45, 7) is 3.29. The first-order chi connectivity index (χ1) is 11.8. The summed E-state index contributed by atoms with van der Waals surface area (Å²) in [5.41, 5.74) is 1.84. The van der Waals surface area contributed by atoms with Gasteiger partial charge in [0, 0.05) is 25.2 Å². The molecule has 0 unspecified atom stereocenters. The van der Waals surface area contributed by atoms with E-state index in [1.54, 1.807) is 11.3 Å². The average Bonchev–Trinajstić information content (AvgIpc) is 3.24. The van der Waals surface area contributed by atoms with E-state index in [1.165, 1.54) is 0 Å². The number of hydrogen-bond donors (Lipinski definition) is 1. The highest BCUT2D eigenvalue weighted by molar-refractivity contribution is 7.22. The normalized spacial score (nSPS) is 20.7. The molecule has 1 amide bonds. The lowest BCUT2D eigenvalue weighted by atomic mass is 10.1. The predicted molar refractivity (Wildman–Crippen MR) is 97.8 cm³/mol. The van der Waals surface area contributed by atoms with Crippen LogP contribution in [0.3, 0.4) is 0 Å². The van der Waals surface area contributed by atoms with E-state index in [4.69, 9.17) is 9.72 Å². The lowest BCUT2D eigenvalue weighted by Gasteiger charge is -2.25. The SMILES string of the molecule is O=C(C[C@@H]1C=CCC1)Nc1ccc2nc(N3CCOCC3)sc2c1. The summed E-state index contributed by atoms with van der Waals surface area (Å²) in [7, 11) is 0. The van der Waals surface area contributed by atoms with E-state index in [9.17, 15) is 4.79 Å². The maximum Gasteiger partial charge on any atom is 0.224 e. The van der Waals surface area contributed by atoms with Gasteiger partial charge in [-0.15, -0.1) is 0 Å². The van der Waals surface area contributed by atoms with Crippen LogP contribution < -0.4 is 10.2 Å². The van der Waals surface area contributed by atoms with Crippen LogP contribution in [-0.2, 0) is 9.53 Å². The largest absolute Gasteiger partial charge is 0.378 e. The molecule has 1 aromatic heterocycles. The van der Waals surface area contributed by atoms with Crippen molar-refractivity contribution < 1.29 is 9.53 Å². The molecule has 1 N–H and O–H groups in total. The molecule has 1 fully saturated rings. The number of amides is 1. The van der Waals surface area contributed by atoms with Crippen molar-refractivity contribution in [1.82, 2.24) is 4.98 Å². The third-order valence-corrected chi connectivity index (χ3v) is 5.58. The fourth-order valence-corrected chi connectivity index (χ4v) is 4.25. The standard InChI is InChI=1S/C18H21N3O2S/c22-17(11-13-3-1-2-4-13)19-14-5-6-15-16(12-14)24-18(20-15)21-7-9-23-10-8-21/h1,3,5-6,12-13H,2,4,7-11H2,(H,19,22)/t13-/m1/s1. The first-order valence-corrected chi connectivity index (χ1v) is 9.29. The Balaban J connectivity index is 1.46. The van der Waals surface area contributed by atoms with Gasteiger partial charge in [0.15, 0.2) is 5.13 Å². The molecule has 24 heavy (non-hydrogen) atoms. The number of nitrogens with one attached hydrogen (secondary N) is 1. The Bertz CT molecular complexity index is 765. The van der Waals surface area contributed by atoms with Crippen molar-refractivity contribution in [2.24, 2.45) is 5.92 Å². The molecule has 0 radical (unpaired) electrons. The van der Waals surface area contributed by atoms with Crippen LogP contribution in [0.2, 0.25) is 0 Å². The summed E-state index contributed by atoms with van der Waals surface area (Å²) in [5.74, 6) is 0.480. The number of ether oxygens (including phenoxy) is 1. The molecule has 5 nitrogen and oxygen atoms in total. The van der Waals surface area contributed by atoms with Gasteiger partial charge in [-0.25, -0.2) is 4.98 Å². The lowest BCUT2D eigenvalue weighted by molar-refractivity contribution is -0.116. The molecule has 0 bridgehead atoms. The van der Waals surface area contributed by atoms with Gasteiger partial charge in [-0.3, -0.25) is 4.79 Å². The Morgan fingerprint density at radius 1 is 1.38 bits per heavy atom. The van der Waals surface area contributed by atoms with Crippen LogP contribution in [0.25, 0.3) is 10.2 Å². The van der Waals surface area contributed by atoms with Crippen molar-refractivity contribution in [2.75, 3.05) is 36.5 Å². The van der Waals surface area contributed by atoms with E-state index in [1.807, 2.05) is 18.2 Å². The van der Waals surface area contributed by atoms with E-state index in [0.717, 1.165) is 60.2 Å². The summed E-state index contributed by atoms with van der Waals surface area (Å²) in [5, 5.41) is 4.06. The van der Waals surface area contributed by atoms with E-state index in [-0.39, 0.29) is 5.91 Å². The molecular weight excluding hydrogens is 322 g/mol. The van der Waals surface area contributed by atoms with Crippen molar-refractivity contribution in [1.29, 1.82) is 0 Å². The Labute approximate surface area is 145 Å². The van der Waals surface area contributed by atoms with Crippen LogP contribution in [-0.4, -0.2) is 37.2 Å². The maximum absolute atomic E-state index is 12.2. The number of anilines is 2. The predicted octanol–water partition coefficient (Wildman–Crippen LogP) is 3.43. The van der Waals surface area contributed by atoms with E-state index < -0.39 is 0 Å². The fraction of sp³-hybridized carbons (Fsp3) is 0.444. The molecule has 4 rings (SSSR count). The third-order valence-electron chi connectivity index (χ3n) is 4.50. The van der Waals surface area contributed by atoms with Crippen molar-refractivity contribution >= 4 is 38.3 Å². The topological polar surface area (TPSA) is 54.5 Å². The zero-order valence-electron chi connectivity index (χ0n) is 13.5. The molecule has 0 spiro atoms. The lowest BCUT2D eigenvalue weighted by Crippen LogP contribution is -2.36. The zero-order chi connectivity index (χ0) is 16.4. The van der Waals surface area contributed by atoms with Crippen LogP contribution in [0.4, 0.5) is 10.8 Å². The minimum atomic E-state index is 0.0869. The molecule has 2 aliphatic rings. The van der Waals surface area contributed by atoms with Crippen molar-refractivity contribution in [3.8, 4) is 0 Å². The molecule has 1 atom stereocenters. The van der Waals surface area contributed by atoms with Gasteiger partial charge in [-0.2, -0.15) is 0 Å². The summed E-state index contributed by atoms with van der Waals surface area (Å²) < 4.78 is 6.50. The smallest absolute Gasteiger partial charge is 0.224 e. The van der Waals surface area contributed by atoms with E-state index in [0.29, 0.717) is 12.3 Å². The number of hydrogen-bond acceptors (Lipinski definition) is 5. The van der Waals surface area contributed by atoms with Crippen LogP contribution >= 0.6 is 11.3 Å². The average molecular weight is 343 g/mol. The number of thiazole rings is 1. The van der Waals surface area contributed by atoms with Crippen molar-refractivity contribution in [3.05, 3.63) is 30.4 Å². The zero-order valence-corrected chi connectivity index (χ0v) is 14.3. The number of benzene rings is 1. The molecule has 2 aromatic rings. The first-order valence-electron chi connectivity index (χ1n) is 8.48. The second kappa shape index (κ2) is 6.91. The minimum Gasteiger partial charge on any atom is -0.378 e. The highest BCUT2D eigenvalue weighted by atomic mass is 32.1. The summed E-state index contributed by atoms with van der Waals surface area (Å²) in [6, 6.07) is 5.95. The minimum absolute atomic E-state index is 0.0869. The van der Waals surface area contributed by atoms with Crippen LogP contribution in [0, 0.1) is 5.92 Å².